The fourth-order valence-electron chi connectivity index (χ4n) is 0.295. The van der Waals surface area contributed by atoms with Gasteiger partial charge in [0, 0.05) is 12.3 Å². The molecule has 0 radical (unpaired) electrons. The fourth-order valence-corrected chi connectivity index (χ4v) is 0.467. The minimum absolute atomic E-state index is 0.0774. The average molecular weight is 162 g/mol. The van der Waals surface area contributed by atoms with Gasteiger partial charge in [0.25, 0.3) is 0 Å². The Morgan fingerprint density at radius 2 is 2.50 bits per heavy atom. The second-order valence-corrected chi connectivity index (χ2v) is 1.83. The van der Waals surface area contributed by atoms with Crippen molar-refractivity contribution in [2.24, 2.45) is 0 Å². The van der Waals surface area contributed by atoms with E-state index >= 15 is 0 Å². The average Bonchev–Trinajstić information content (AvgIpc) is 1.89. The van der Waals surface area contributed by atoms with Gasteiger partial charge in [-0.15, -0.1) is 18.0 Å². The monoisotopic (exact) mass is 161 g/mol. The van der Waals surface area contributed by atoms with Gasteiger partial charge < -0.3 is 0 Å². The molecule has 0 saturated carbocycles. The van der Waals surface area contributed by atoms with Gasteiger partial charge in [-0.3, -0.25) is 9.63 Å². The quantitative estimate of drug-likeness (QED) is 0.279. The van der Waals surface area contributed by atoms with Crippen molar-refractivity contribution in [3.8, 4) is 12.3 Å². The molecule has 0 rings (SSSR count). The third-order valence-corrected chi connectivity index (χ3v) is 0.852. The Morgan fingerprint density at radius 3 is 3.00 bits per heavy atom. The zero-order valence-corrected chi connectivity index (χ0v) is 6.15. The van der Waals surface area contributed by atoms with Crippen molar-refractivity contribution in [3.63, 3.8) is 0 Å². The summed E-state index contributed by atoms with van der Waals surface area (Å²) in [5, 5.41) is 0. The number of alkyl halides is 1. The van der Waals surface area contributed by atoms with Crippen LogP contribution in [0.4, 0.5) is 0 Å². The summed E-state index contributed by atoms with van der Waals surface area (Å²) in [4.78, 5) is 15.0. The molecule has 4 heteroatoms. The standard InChI is InChI=1S/C6H8ClNO2/c1-2-5-10-8-6(9)3-4-7/h1H,3-5H2,(H,8,9). The first-order valence-corrected chi connectivity index (χ1v) is 3.24. The van der Waals surface area contributed by atoms with Crippen LogP contribution in [0.25, 0.3) is 0 Å². The predicted octanol–water partition coefficient (Wildman–Crippen LogP) is 0.296. The smallest absolute Gasteiger partial charge is 0.244 e. The second-order valence-electron chi connectivity index (χ2n) is 1.46. The highest BCUT2D eigenvalue weighted by molar-refractivity contribution is 6.18. The molecule has 0 atom stereocenters. The van der Waals surface area contributed by atoms with Gasteiger partial charge in [0.1, 0.15) is 6.61 Å². The molecule has 0 heterocycles. The molecule has 0 aliphatic carbocycles. The molecule has 10 heavy (non-hydrogen) atoms. The highest BCUT2D eigenvalue weighted by Crippen LogP contribution is 1.83. The van der Waals surface area contributed by atoms with E-state index < -0.39 is 0 Å². The predicted molar refractivity (Wildman–Crippen MR) is 38.3 cm³/mol. The molecule has 0 aromatic heterocycles. The van der Waals surface area contributed by atoms with Crippen LogP contribution in [0, 0.1) is 12.3 Å². The molecule has 0 spiro atoms. The molecule has 0 aromatic carbocycles. The molecule has 3 nitrogen and oxygen atoms in total. The van der Waals surface area contributed by atoms with Gasteiger partial charge in [0.05, 0.1) is 0 Å². The van der Waals surface area contributed by atoms with Crippen molar-refractivity contribution >= 4 is 17.5 Å². The van der Waals surface area contributed by atoms with Crippen molar-refractivity contribution in [2.45, 2.75) is 6.42 Å². The summed E-state index contributed by atoms with van der Waals surface area (Å²) >= 11 is 5.25. The molecule has 1 N–H and O–H groups in total. The third kappa shape index (κ3) is 5.42. The number of amides is 1. The van der Waals surface area contributed by atoms with Crippen LogP contribution in [0.3, 0.4) is 0 Å². The van der Waals surface area contributed by atoms with Crippen molar-refractivity contribution in [1.29, 1.82) is 0 Å². The van der Waals surface area contributed by atoms with Crippen molar-refractivity contribution in [3.05, 3.63) is 0 Å². The molecule has 0 unspecified atom stereocenters. The normalized spacial score (nSPS) is 8.40. The lowest BCUT2D eigenvalue weighted by atomic mass is 10.5. The highest BCUT2D eigenvalue weighted by atomic mass is 35.5. The third-order valence-electron chi connectivity index (χ3n) is 0.663. The maximum atomic E-state index is 10.5. The van der Waals surface area contributed by atoms with Crippen molar-refractivity contribution in [1.82, 2.24) is 5.48 Å². The first-order valence-electron chi connectivity index (χ1n) is 2.71. The first-order chi connectivity index (χ1) is 4.81. The van der Waals surface area contributed by atoms with E-state index in [1.165, 1.54) is 0 Å². The van der Waals surface area contributed by atoms with Gasteiger partial charge in [0.2, 0.25) is 5.91 Å². The number of terminal acetylenes is 1. The van der Waals surface area contributed by atoms with Gasteiger partial charge in [-0.25, -0.2) is 5.48 Å². The Hall–Kier alpha value is -0.720. The van der Waals surface area contributed by atoms with E-state index in [4.69, 9.17) is 18.0 Å². The minimum Gasteiger partial charge on any atom is -0.273 e. The number of hydrogen-bond acceptors (Lipinski definition) is 2. The maximum absolute atomic E-state index is 10.5. The summed E-state index contributed by atoms with van der Waals surface area (Å²) in [5.74, 6) is 2.22. The molecule has 0 aliphatic heterocycles. The molecular weight excluding hydrogens is 154 g/mol. The number of nitrogens with one attached hydrogen (secondary N) is 1. The van der Waals surface area contributed by atoms with E-state index in [2.05, 4.69) is 16.2 Å². The Kier molecular flexibility index (Phi) is 5.94. The van der Waals surface area contributed by atoms with E-state index in [0.717, 1.165) is 0 Å². The second kappa shape index (κ2) is 6.40. The van der Waals surface area contributed by atoms with Gasteiger partial charge in [-0.1, -0.05) is 5.92 Å². The summed E-state index contributed by atoms with van der Waals surface area (Å²) < 4.78 is 0. The van der Waals surface area contributed by atoms with Gasteiger partial charge >= 0.3 is 0 Å². The molecule has 0 aliphatic rings. The Labute approximate surface area is 64.6 Å². The van der Waals surface area contributed by atoms with Crippen molar-refractivity contribution < 1.29 is 9.63 Å². The van der Waals surface area contributed by atoms with E-state index in [1.54, 1.807) is 0 Å². The minimum atomic E-state index is -0.259. The van der Waals surface area contributed by atoms with Crippen LogP contribution in [-0.2, 0) is 9.63 Å². The number of hydroxylamine groups is 1. The zero-order valence-electron chi connectivity index (χ0n) is 5.39. The lowest BCUT2D eigenvalue weighted by Gasteiger charge is -1.99. The number of carbonyl (C=O) groups is 1. The SMILES string of the molecule is C#CCONC(=O)CCCl. The molecular formula is C6H8ClNO2. The largest absolute Gasteiger partial charge is 0.273 e. The van der Waals surface area contributed by atoms with Crippen LogP contribution in [0.2, 0.25) is 0 Å². The molecule has 0 aromatic rings. The number of halogens is 1. The lowest BCUT2D eigenvalue weighted by Crippen LogP contribution is -2.23. The molecule has 1 amide bonds. The van der Waals surface area contributed by atoms with Crippen LogP contribution < -0.4 is 5.48 Å². The lowest BCUT2D eigenvalue weighted by molar-refractivity contribution is -0.131. The van der Waals surface area contributed by atoms with Crippen LogP contribution in [0.1, 0.15) is 6.42 Å². The van der Waals surface area contributed by atoms with E-state index in [1.807, 2.05) is 0 Å². The molecule has 0 fully saturated rings. The maximum Gasteiger partial charge on any atom is 0.244 e. The first kappa shape index (κ1) is 9.28. The number of rotatable bonds is 4. The fraction of sp³-hybridized carbons (Fsp3) is 0.500. The van der Waals surface area contributed by atoms with E-state index in [9.17, 15) is 4.79 Å². The van der Waals surface area contributed by atoms with Gasteiger partial charge in [0.15, 0.2) is 0 Å². The van der Waals surface area contributed by atoms with E-state index in [0.29, 0.717) is 0 Å². The highest BCUT2D eigenvalue weighted by Gasteiger charge is 1.96. The van der Waals surface area contributed by atoms with E-state index in [-0.39, 0.29) is 24.8 Å². The summed E-state index contributed by atoms with van der Waals surface area (Å²) in [6, 6.07) is 0. The topological polar surface area (TPSA) is 38.3 Å². The van der Waals surface area contributed by atoms with Crippen LogP contribution >= 0.6 is 11.6 Å². The van der Waals surface area contributed by atoms with Crippen LogP contribution in [0.5, 0.6) is 0 Å². The Bertz CT molecular complexity index is 141. The summed E-state index contributed by atoms with van der Waals surface area (Å²) in [7, 11) is 0. The van der Waals surface area contributed by atoms with Crippen LogP contribution in [0.15, 0.2) is 0 Å². The summed E-state index contributed by atoms with van der Waals surface area (Å²) in [6.45, 7) is 0.0774. The molecule has 56 valence electrons. The van der Waals surface area contributed by atoms with Crippen LogP contribution in [-0.4, -0.2) is 18.4 Å². The Balaban J connectivity index is 3.15. The number of carbonyl (C=O) groups excluding carboxylic acids is 1. The van der Waals surface area contributed by atoms with Gasteiger partial charge in [-0.2, -0.15) is 0 Å². The van der Waals surface area contributed by atoms with Gasteiger partial charge in [-0.05, 0) is 0 Å². The molecule has 0 saturated heterocycles. The Morgan fingerprint density at radius 1 is 1.80 bits per heavy atom. The summed E-state index contributed by atoms with van der Waals surface area (Å²) in [6.07, 6.45) is 5.08. The zero-order chi connectivity index (χ0) is 7.82. The molecule has 0 bridgehead atoms. The van der Waals surface area contributed by atoms with Crippen molar-refractivity contribution in [2.75, 3.05) is 12.5 Å². The number of hydrogen-bond donors (Lipinski definition) is 1. The summed E-state index contributed by atoms with van der Waals surface area (Å²) in [5.41, 5.74) is 2.12.